The molecule has 0 amide bonds. The van der Waals surface area contributed by atoms with Crippen molar-refractivity contribution in [2.75, 3.05) is 19.6 Å². The molecule has 602 valence electrons. The van der Waals surface area contributed by atoms with Crippen molar-refractivity contribution in [3.8, 4) is 67.0 Å². The summed E-state index contributed by atoms with van der Waals surface area (Å²) < 4.78 is 17.8. The van der Waals surface area contributed by atoms with Crippen molar-refractivity contribution in [1.82, 2.24) is 9.13 Å². The predicted octanol–water partition coefficient (Wildman–Crippen LogP) is 33.9. The standard InChI is InChI=1S/C120H80N6O2/c1-5-23-89(24-6-1)121(97-65-51-85(52-66-97)103-35-21-37-109-107-33-15-19-41-117(107)127-119(103)109)99-69-73-101(74-70-99)123(95-61-47-83(48-62-95)87-55-77-115-111(79-87)105-31-13-17-39-113(105)125(115)91-27-9-3-10-28-91)93-57-43-81(44-58-93)82-45-59-94(60-46-82)124(96-63-49-84(50-64-96)88-56-78-116-112(80-88)106-32-14-18-40-114(106)126(116)92-29-11-4-12-30-92)102-75-71-100(72-76-102)122(90-25-7-2-8-26-90)98-67-53-86(54-68-98)104-36-22-38-110-108-34-16-20-42-118(108)128-120(104)110/h1-80H. The molecule has 0 bridgehead atoms. The molecule has 0 atom stereocenters. The fraction of sp³-hybridized carbons (Fsp3) is 0. The molecule has 24 rings (SSSR count). The maximum Gasteiger partial charge on any atom is 0.143 e. The number of hydrogen-bond acceptors (Lipinski definition) is 6. The van der Waals surface area contributed by atoms with Gasteiger partial charge in [-0.15, -0.1) is 0 Å². The van der Waals surface area contributed by atoms with Crippen molar-refractivity contribution < 1.29 is 8.83 Å². The molecule has 8 nitrogen and oxygen atoms in total. The fourth-order valence-electron chi connectivity index (χ4n) is 19.2. The van der Waals surface area contributed by atoms with Crippen LogP contribution in [0.4, 0.5) is 68.2 Å². The van der Waals surface area contributed by atoms with E-state index in [0.717, 1.165) is 179 Å². The molecule has 0 saturated heterocycles. The lowest BCUT2D eigenvalue weighted by atomic mass is 10.0. The number of anilines is 12. The molecule has 0 fully saturated rings. The highest BCUT2D eigenvalue weighted by atomic mass is 16.3. The van der Waals surface area contributed by atoms with Gasteiger partial charge in [-0.1, -0.05) is 267 Å². The highest BCUT2D eigenvalue weighted by molar-refractivity contribution is 6.14. The Labute approximate surface area is 740 Å². The number of rotatable bonds is 19. The second-order valence-electron chi connectivity index (χ2n) is 32.7. The van der Waals surface area contributed by atoms with Gasteiger partial charge in [-0.05, 0) is 263 Å². The minimum atomic E-state index is 0.886. The Hall–Kier alpha value is -17.2. The second kappa shape index (κ2) is 31.6. The molecule has 4 aromatic heterocycles. The van der Waals surface area contributed by atoms with Crippen molar-refractivity contribution in [3.63, 3.8) is 0 Å². The van der Waals surface area contributed by atoms with Crippen molar-refractivity contribution in [3.05, 3.63) is 485 Å². The molecule has 0 unspecified atom stereocenters. The van der Waals surface area contributed by atoms with Crippen molar-refractivity contribution >= 4 is 156 Å². The largest absolute Gasteiger partial charge is 0.455 e. The SMILES string of the molecule is c1ccc(N(c2ccc(-c3cccc4c3oc3ccccc34)cc2)c2ccc(N(c3ccc(-c4ccc(N(c5ccc(-c6ccc7c(c6)c6ccccc6n7-c6ccccc6)cc5)c5ccc(N(c6ccccc6)c6ccc(-c7cccc8c7oc7ccccc78)cc6)cc5)cc4)cc3)c3ccc(-c4ccc5c(c4)c4ccccc4n5-c4ccccc4)cc3)cc2)cc1. The van der Waals surface area contributed by atoms with E-state index >= 15 is 0 Å². The predicted molar refractivity (Wildman–Crippen MR) is 536 cm³/mol. The van der Waals surface area contributed by atoms with Gasteiger partial charge in [-0.2, -0.15) is 0 Å². The average molecular weight is 1640 g/mol. The summed E-state index contributed by atoms with van der Waals surface area (Å²) in [7, 11) is 0. The third-order valence-corrected chi connectivity index (χ3v) is 25.3. The monoisotopic (exact) mass is 1640 g/mol. The molecular formula is C120H80N6O2. The number of para-hydroxylation sites is 10. The first kappa shape index (κ1) is 74.6. The number of aromatic nitrogens is 2. The smallest absolute Gasteiger partial charge is 0.143 e. The Morgan fingerprint density at radius 1 is 0.148 bits per heavy atom. The van der Waals surface area contributed by atoms with Gasteiger partial charge < -0.3 is 37.6 Å². The minimum Gasteiger partial charge on any atom is -0.455 e. The molecule has 0 N–H and O–H groups in total. The van der Waals surface area contributed by atoms with Crippen LogP contribution in [0, 0.1) is 0 Å². The van der Waals surface area contributed by atoms with E-state index in [1.54, 1.807) is 0 Å². The van der Waals surface area contributed by atoms with Gasteiger partial charge in [0, 0.05) is 134 Å². The van der Waals surface area contributed by atoms with E-state index in [-0.39, 0.29) is 0 Å². The van der Waals surface area contributed by atoms with Gasteiger partial charge in [-0.25, -0.2) is 0 Å². The van der Waals surface area contributed by atoms with E-state index < -0.39 is 0 Å². The van der Waals surface area contributed by atoms with E-state index in [2.05, 4.69) is 490 Å². The summed E-state index contributed by atoms with van der Waals surface area (Å²) in [4.78, 5) is 9.40. The van der Waals surface area contributed by atoms with Crippen molar-refractivity contribution in [2.45, 2.75) is 0 Å². The number of fused-ring (bicyclic) bond motifs is 12. The summed E-state index contributed by atoms with van der Waals surface area (Å²) in [5.41, 5.74) is 34.0. The summed E-state index contributed by atoms with van der Waals surface area (Å²) >= 11 is 0. The number of hydrogen-bond donors (Lipinski definition) is 0. The molecule has 0 aliphatic carbocycles. The summed E-state index contributed by atoms with van der Waals surface area (Å²) in [6.07, 6.45) is 0. The Morgan fingerprint density at radius 2 is 0.375 bits per heavy atom. The van der Waals surface area contributed by atoms with E-state index in [1.807, 2.05) is 24.3 Å². The van der Waals surface area contributed by atoms with Crippen LogP contribution in [0.1, 0.15) is 0 Å². The quantitative estimate of drug-likeness (QED) is 0.0804. The van der Waals surface area contributed by atoms with Crippen LogP contribution in [-0.2, 0) is 0 Å². The summed E-state index contributed by atoms with van der Waals surface area (Å²) in [5.74, 6) is 0. The van der Waals surface area contributed by atoms with Crippen LogP contribution in [0.3, 0.4) is 0 Å². The first-order valence-electron chi connectivity index (χ1n) is 43.6. The van der Waals surface area contributed by atoms with Crippen LogP contribution in [0.5, 0.6) is 0 Å². The average Bonchev–Trinajstić information content (AvgIpc) is 1.58. The Bertz CT molecular complexity index is 7750. The lowest BCUT2D eigenvalue weighted by molar-refractivity contribution is 0.669. The molecule has 0 aliphatic heterocycles. The molecule has 0 spiro atoms. The third-order valence-electron chi connectivity index (χ3n) is 25.3. The fourth-order valence-corrected chi connectivity index (χ4v) is 19.2. The molecule has 20 aromatic carbocycles. The summed E-state index contributed by atoms with van der Waals surface area (Å²) in [5, 5.41) is 9.33. The molecule has 0 aliphatic rings. The lowest BCUT2D eigenvalue weighted by Gasteiger charge is -2.29. The highest BCUT2D eigenvalue weighted by Gasteiger charge is 2.24. The van der Waals surface area contributed by atoms with Crippen LogP contribution in [0.2, 0.25) is 0 Å². The lowest BCUT2D eigenvalue weighted by Crippen LogP contribution is -2.12. The Balaban J connectivity index is 0.576. The van der Waals surface area contributed by atoms with Crippen LogP contribution < -0.4 is 19.6 Å². The first-order chi connectivity index (χ1) is 63.5. The zero-order chi connectivity index (χ0) is 84.5. The highest BCUT2D eigenvalue weighted by Crippen LogP contribution is 2.48. The number of benzene rings is 20. The Morgan fingerprint density at radius 3 is 0.695 bits per heavy atom. The third kappa shape index (κ3) is 13.3. The van der Waals surface area contributed by atoms with E-state index in [4.69, 9.17) is 8.83 Å². The molecule has 128 heavy (non-hydrogen) atoms. The molecule has 0 saturated carbocycles. The van der Waals surface area contributed by atoms with Crippen LogP contribution in [0.15, 0.2) is 494 Å². The summed E-state index contributed by atoms with van der Waals surface area (Å²) in [6, 6.07) is 175. The van der Waals surface area contributed by atoms with Crippen molar-refractivity contribution in [1.29, 1.82) is 0 Å². The van der Waals surface area contributed by atoms with Gasteiger partial charge in [-0.3, -0.25) is 0 Å². The number of nitrogens with zero attached hydrogens (tertiary/aromatic N) is 6. The molecule has 0 radical (unpaired) electrons. The van der Waals surface area contributed by atoms with E-state index in [1.165, 1.54) is 43.6 Å². The van der Waals surface area contributed by atoms with Gasteiger partial charge in [0.25, 0.3) is 0 Å². The van der Waals surface area contributed by atoms with E-state index in [0.29, 0.717) is 0 Å². The molecule has 24 aromatic rings. The topological polar surface area (TPSA) is 49.1 Å². The Kier molecular flexibility index (Phi) is 18.4. The van der Waals surface area contributed by atoms with Gasteiger partial charge in [0.05, 0.1) is 22.1 Å². The molecule has 4 heterocycles. The van der Waals surface area contributed by atoms with Crippen LogP contribution >= 0.6 is 0 Å². The zero-order valence-electron chi connectivity index (χ0n) is 69.7. The first-order valence-corrected chi connectivity index (χ1v) is 43.6. The van der Waals surface area contributed by atoms with Gasteiger partial charge in [0.1, 0.15) is 22.3 Å². The van der Waals surface area contributed by atoms with E-state index in [9.17, 15) is 0 Å². The van der Waals surface area contributed by atoms with Gasteiger partial charge in [0.15, 0.2) is 0 Å². The molecular weight excluding hydrogens is 1560 g/mol. The van der Waals surface area contributed by atoms with Gasteiger partial charge in [0.2, 0.25) is 0 Å². The number of furan rings is 2. The van der Waals surface area contributed by atoms with Crippen LogP contribution in [0.25, 0.3) is 154 Å². The second-order valence-corrected chi connectivity index (χ2v) is 32.7. The molecule has 8 heteroatoms. The zero-order valence-corrected chi connectivity index (χ0v) is 69.7. The van der Waals surface area contributed by atoms with Crippen LogP contribution in [-0.4, -0.2) is 9.13 Å². The summed E-state index contributed by atoms with van der Waals surface area (Å²) in [6.45, 7) is 0. The van der Waals surface area contributed by atoms with Gasteiger partial charge >= 0.3 is 0 Å². The minimum absolute atomic E-state index is 0.886. The normalized spacial score (nSPS) is 11.6. The maximum absolute atomic E-state index is 6.53. The van der Waals surface area contributed by atoms with Crippen molar-refractivity contribution in [2.24, 2.45) is 0 Å². The maximum atomic E-state index is 6.53.